The van der Waals surface area contributed by atoms with E-state index in [9.17, 15) is 22.8 Å². The summed E-state index contributed by atoms with van der Waals surface area (Å²) in [6, 6.07) is 13.8. The molecule has 2 aromatic carbocycles. The lowest BCUT2D eigenvalue weighted by molar-refractivity contribution is -0.132. The minimum Gasteiger partial charge on any atom is -0.496 e. The molecular weight excluding hydrogens is 397 g/mol. The fourth-order valence-corrected chi connectivity index (χ4v) is 3.25. The molecule has 0 saturated carbocycles. The number of carbonyl (C=O) groups is 2. The van der Waals surface area contributed by atoms with Crippen LogP contribution in [0.4, 0.5) is 13.2 Å². The lowest BCUT2D eigenvalue weighted by Crippen LogP contribution is -2.39. The first kappa shape index (κ1) is 21.3. The molecule has 156 valence electrons. The molecule has 1 N–H and O–H groups in total. The number of allylic oxidation sites excluding steroid dienone is 1. The van der Waals surface area contributed by atoms with Crippen molar-refractivity contribution in [2.45, 2.75) is 19.1 Å². The molecule has 8 heteroatoms. The normalized spacial score (nSPS) is 17.3. The van der Waals surface area contributed by atoms with Crippen LogP contribution in [0.15, 0.2) is 65.7 Å². The van der Waals surface area contributed by atoms with E-state index in [1.165, 1.54) is 7.11 Å². The Morgan fingerprint density at radius 3 is 2.43 bits per heavy atom. The number of benzene rings is 2. The molecule has 1 aliphatic rings. The third kappa shape index (κ3) is 4.42. The molecule has 0 radical (unpaired) electrons. The molecule has 2 amide bonds. The number of rotatable bonds is 5. The van der Waals surface area contributed by atoms with Crippen molar-refractivity contribution in [3.8, 4) is 5.75 Å². The summed E-state index contributed by atoms with van der Waals surface area (Å²) in [4.78, 5) is 28.0. The SMILES string of the molecule is COc1c(C)cccc1C(NC(=O)C1C=CC(C(F)(F)F)=NC1=O)c1ccccc1. The maximum atomic E-state index is 12.8. The van der Waals surface area contributed by atoms with Crippen LogP contribution >= 0.6 is 0 Å². The number of hydrogen-bond acceptors (Lipinski definition) is 3. The number of amides is 2. The number of ether oxygens (including phenoxy) is 1. The maximum Gasteiger partial charge on any atom is 0.433 e. The first-order chi connectivity index (χ1) is 14.2. The van der Waals surface area contributed by atoms with Crippen molar-refractivity contribution in [1.82, 2.24) is 5.32 Å². The Morgan fingerprint density at radius 2 is 1.83 bits per heavy atom. The Balaban J connectivity index is 1.93. The summed E-state index contributed by atoms with van der Waals surface area (Å²) in [5.41, 5.74) is 0.903. The fourth-order valence-electron chi connectivity index (χ4n) is 3.25. The molecule has 1 aliphatic heterocycles. The average molecular weight is 416 g/mol. The molecule has 30 heavy (non-hydrogen) atoms. The van der Waals surface area contributed by atoms with Gasteiger partial charge in [0.1, 0.15) is 17.4 Å². The van der Waals surface area contributed by atoms with Crippen molar-refractivity contribution in [3.05, 3.63) is 77.4 Å². The van der Waals surface area contributed by atoms with Gasteiger partial charge in [-0.1, -0.05) is 54.6 Å². The van der Waals surface area contributed by atoms with Crippen LogP contribution in [0.2, 0.25) is 0 Å². The zero-order chi connectivity index (χ0) is 21.9. The molecular formula is C22H19F3N2O3. The minimum atomic E-state index is -4.75. The molecule has 0 aromatic heterocycles. The number of aryl methyl sites for hydroxylation is 1. The number of dihydropyridines is 1. The van der Waals surface area contributed by atoms with Crippen molar-refractivity contribution in [2.75, 3.05) is 7.11 Å². The highest BCUT2D eigenvalue weighted by atomic mass is 19.4. The second-order valence-electron chi connectivity index (χ2n) is 6.72. The summed E-state index contributed by atoms with van der Waals surface area (Å²) < 4.78 is 43.8. The molecule has 0 bridgehead atoms. The van der Waals surface area contributed by atoms with E-state index in [2.05, 4.69) is 10.3 Å². The first-order valence-electron chi connectivity index (χ1n) is 9.09. The molecule has 0 fully saturated rings. The van der Waals surface area contributed by atoms with E-state index in [1.807, 2.05) is 19.1 Å². The number of halogens is 3. The highest BCUT2D eigenvalue weighted by Crippen LogP contribution is 2.33. The second kappa shape index (κ2) is 8.52. The Bertz CT molecular complexity index is 1010. The van der Waals surface area contributed by atoms with Crippen molar-refractivity contribution in [1.29, 1.82) is 0 Å². The number of para-hydroxylation sites is 1. The minimum absolute atomic E-state index is 0.564. The smallest absolute Gasteiger partial charge is 0.433 e. The Morgan fingerprint density at radius 1 is 1.13 bits per heavy atom. The third-order valence-electron chi connectivity index (χ3n) is 4.69. The highest BCUT2D eigenvalue weighted by molar-refractivity contribution is 6.14. The van der Waals surface area contributed by atoms with Gasteiger partial charge in [-0.05, 0) is 24.1 Å². The van der Waals surface area contributed by atoms with Gasteiger partial charge in [-0.3, -0.25) is 9.59 Å². The van der Waals surface area contributed by atoms with Crippen LogP contribution in [0.1, 0.15) is 22.7 Å². The lowest BCUT2D eigenvalue weighted by Gasteiger charge is -2.24. The van der Waals surface area contributed by atoms with Crippen LogP contribution < -0.4 is 10.1 Å². The van der Waals surface area contributed by atoms with Crippen molar-refractivity contribution >= 4 is 17.5 Å². The Hall–Kier alpha value is -3.42. The standard InChI is InChI=1S/C22H19F3N2O3/c1-13-7-6-10-15(19(13)30-2)18(14-8-4-3-5-9-14)27-21(29)16-11-12-17(22(23,24)25)26-20(16)28/h3-12,16,18H,1-2H3,(H,27,29). The molecule has 2 atom stereocenters. The van der Waals surface area contributed by atoms with Crippen LogP contribution in [0.5, 0.6) is 5.75 Å². The van der Waals surface area contributed by atoms with Gasteiger partial charge >= 0.3 is 6.18 Å². The molecule has 2 aromatic rings. The lowest BCUT2D eigenvalue weighted by atomic mass is 9.94. The van der Waals surface area contributed by atoms with Crippen molar-refractivity contribution < 1.29 is 27.5 Å². The van der Waals surface area contributed by atoms with Gasteiger partial charge in [-0.25, -0.2) is 4.99 Å². The summed E-state index contributed by atoms with van der Waals surface area (Å²) in [6.45, 7) is 1.85. The number of nitrogens with zero attached hydrogens (tertiary/aromatic N) is 1. The predicted octanol–water partition coefficient (Wildman–Crippen LogP) is 3.93. The second-order valence-corrected chi connectivity index (χ2v) is 6.72. The van der Waals surface area contributed by atoms with E-state index in [1.54, 1.807) is 36.4 Å². The monoisotopic (exact) mass is 416 g/mol. The first-order valence-corrected chi connectivity index (χ1v) is 9.09. The molecule has 2 unspecified atom stereocenters. The molecule has 0 spiro atoms. The van der Waals surface area contributed by atoms with Crippen LogP contribution in [0, 0.1) is 12.8 Å². The largest absolute Gasteiger partial charge is 0.496 e. The zero-order valence-corrected chi connectivity index (χ0v) is 16.2. The summed E-state index contributed by atoms with van der Waals surface area (Å²) >= 11 is 0. The van der Waals surface area contributed by atoms with E-state index >= 15 is 0 Å². The van der Waals surface area contributed by atoms with Crippen LogP contribution in [0.25, 0.3) is 0 Å². The quantitative estimate of drug-likeness (QED) is 0.752. The van der Waals surface area contributed by atoms with Gasteiger partial charge in [0, 0.05) is 5.56 Å². The number of nitrogens with one attached hydrogen (secondary N) is 1. The number of methoxy groups -OCH3 is 1. The van der Waals surface area contributed by atoms with Gasteiger partial charge in [0.05, 0.1) is 13.2 Å². The van der Waals surface area contributed by atoms with Gasteiger partial charge in [-0.2, -0.15) is 13.2 Å². The van der Waals surface area contributed by atoms with Crippen LogP contribution in [-0.4, -0.2) is 30.8 Å². The van der Waals surface area contributed by atoms with E-state index in [4.69, 9.17) is 4.74 Å². The number of hydrogen-bond donors (Lipinski definition) is 1. The third-order valence-corrected chi connectivity index (χ3v) is 4.69. The van der Waals surface area contributed by atoms with Crippen LogP contribution in [-0.2, 0) is 9.59 Å². The van der Waals surface area contributed by atoms with E-state index < -0.39 is 35.7 Å². The summed E-state index contributed by atoms with van der Waals surface area (Å²) in [5, 5.41) is 2.76. The van der Waals surface area contributed by atoms with Gasteiger partial charge < -0.3 is 10.1 Å². The number of carbonyl (C=O) groups excluding carboxylic acids is 2. The summed E-state index contributed by atoms with van der Waals surface area (Å²) in [6.07, 6.45) is -3.19. The molecule has 0 aliphatic carbocycles. The van der Waals surface area contributed by atoms with Gasteiger partial charge in [0.25, 0.3) is 5.91 Å². The number of aliphatic imine (C=N–C) groups is 1. The Kier molecular flexibility index (Phi) is 6.05. The van der Waals surface area contributed by atoms with Crippen molar-refractivity contribution in [2.24, 2.45) is 10.9 Å². The molecule has 0 saturated heterocycles. The summed E-state index contributed by atoms with van der Waals surface area (Å²) in [5.74, 6) is -2.79. The predicted molar refractivity (Wildman–Crippen MR) is 105 cm³/mol. The van der Waals surface area contributed by atoms with E-state index in [0.717, 1.165) is 17.2 Å². The van der Waals surface area contributed by atoms with Crippen LogP contribution in [0.3, 0.4) is 0 Å². The van der Waals surface area contributed by atoms with E-state index in [0.29, 0.717) is 17.4 Å². The fraction of sp³-hybridized carbons (Fsp3) is 0.227. The van der Waals surface area contributed by atoms with Crippen molar-refractivity contribution in [3.63, 3.8) is 0 Å². The number of alkyl halides is 3. The van der Waals surface area contributed by atoms with E-state index in [-0.39, 0.29) is 0 Å². The summed E-state index contributed by atoms with van der Waals surface area (Å²) in [7, 11) is 1.51. The topological polar surface area (TPSA) is 67.8 Å². The van der Waals surface area contributed by atoms with Gasteiger partial charge in [0.2, 0.25) is 5.91 Å². The zero-order valence-electron chi connectivity index (χ0n) is 16.2. The molecule has 1 heterocycles. The van der Waals surface area contributed by atoms with Gasteiger partial charge in [-0.15, -0.1) is 0 Å². The maximum absolute atomic E-state index is 12.8. The highest BCUT2D eigenvalue weighted by Gasteiger charge is 2.39. The molecule has 3 rings (SSSR count). The average Bonchev–Trinajstić information content (AvgIpc) is 2.71. The molecule has 5 nitrogen and oxygen atoms in total. The Labute approximate surface area is 171 Å². The van der Waals surface area contributed by atoms with Gasteiger partial charge in [0.15, 0.2) is 0 Å².